The van der Waals surface area contributed by atoms with E-state index in [1.165, 1.54) is 46.0 Å². The molecule has 0 fully saturated rings. The predicted molar refractivity (Wildman–Crippen MR) is 108 cm³/mol. The lowest BCUT2D eigenvalue weighted by Gasteiger charge is -2.24. The van der Waals surface area contributed by atoms with Gasteiger partial charge in [0.25, 0.3) is 0 Å². The van der Waals surface area contributed by atoms with Gasteiger partial charge in [0, 0.05) is 13.1 Å². The first-order valence-corrected chi connectivity index (χ1v) is 10.9. The van der Waals surface area contributed by atoms with Crippen molar-refractivity contribution in [3.8, 4) is 0 Å². The molecule has 0 aliphatic rings. The highest BCUT2D eigenvalue weighted by Gasteiger charge is 2.31. The standard InChI is InChI=1S/C20H15F6N3OS2/c21-19(22,23)15-5-1-3-13(7-15)9-29(17(30)11-31-18-28-27-12-32-18)10-14-4-2-6-16(8-14)20(24,25)26/h1-8,12H,9-11H2. The van der Waals surface area contributed by atoms with Crippen LogP contribution in [0.25, 0.3) is 0 Å². The number of aromatic nitrogens is 2. The molecule has 0 saturated carbocycles. The van der Waals surface area contributed by atoms with Gasteiger partial charge in [-0.1, -0.05) is 47.4 Å². The van der Waals surface area contributed by atoms with Crippen LogP contribution in [-0.4, -0.2) is 26.8 Å². The van der Waals surface area contributed by atoms with Gasteiger partial charge in [-0.05, 0) is 35.4 Å². The van der Waals surface area contributed by atoms with Crippen LogP contribution in [0.5, 0.6) is 0 Å². The van der Waals surface area contributed by atoms with Gasteiger partial charge >= 0.3 is 12.4 Å². The van der Waals surface area contributed by atoms with E-state index < -0.39 is 29.4 Å². The fourth-order valence-corrected chi connectivity index (χ4v) is 4.20. The molecule has 0 spiro atoms. The molecule has 0 aliphatic carbocycles. The Morgan fingerprint density at radius 3 is 1.88 bits per heavy atom. The van der Waals surface area contributed by atoms with Crippen molar-refractivity contribution in [3.05, 3.63) is 76.3 Å². The van der Waals surface area contributed by atoms with E-state index in [1.807, 2.05) is 0 Å². The molecule has 0 atom stereocenters. The summed E-state index contributed by atoms with van der Waals surface area (Å²) in [5, 5.41) is 7.46. The molecule has 170 valence electrons. The maximum absolute atomic E-state index is 13.0. The number of rotatable bonds is 7. The largest absolute Gasteiger partial charge is 0.416 e. The summed E-state index contributed by atoms with van der Waals surface area (Å²) in [7, 11) is 0. The minimum atomic E-state index is -4.56. The van der Waals surface area contributed by atoms with Crippen molar-refractivity contribution >= 4 is 29.0 Å². The quantitative estimate of drug-likeness (QED) is 0.305. The number of hydrogen-bond donors (Lipinski definition) is 0. The first-order valence-electron chi connectivity index (χ1n) is 9.01. The molecule has 0 radical (unpaired) electrons. The van der Waals surface area contributed by atoms with E-state index in [1.54, 1.807) is 0 Å². The van der Waals surface area contributed by atoms with Gasteiger partial charge in [-0.25, -0.2) is 0 Å². The summed E-state index contributed by atoms with van der Waals surface area (Å²) in [5.74, 6) is -0.548. The zero-order chi connectivity index (χ0) is 23.4. The molecule has 3 rings (SSSR count). The average Bonchev–Trinajstić information content (AvgIpc) is 3.24. The van der Waals surface area contributed by atoms with E-state index in [2.05, 4.69) is 10.2 Å². The molecule has 2 aromatic carbocycles. The SMILES string of the molecule is O=C(CSc1nncs1)N(Cc1cccc(C(F)(F)F)c1)Cc1cccc(C(F)(F)F)c1. The Kier molecular flexibility index (Phi) is 7.44. The second-order valence-electron chi connectivity index (χ2n) is 6.64. The second-order valence-corrected chi connectivity index (χ2v) is 8.70. The van der Waals surface area contributed by atoms with E-state index in [9.17, 15) is 31.1 Å². The lowest BCUT2D eigenvalue weighted by molar-refractivity contribution is -0.138. The van der Waals surface area contributed by atoms with Gasteiger partial charge in [0.1, 0.15) is 5.51 Å². The molecule has 4 nitrogen and oxygen atoms in total. The van der Waals surface area contributed by atoms with Crippen LogP contribution in [0.2, 0.25) is 0 Å². The minimum Gasteiger partial charge on any atom is -0.333 e. The smallest absolute Gasteiger partial charge is 0.333 e. The summed E-state index contributed by atoms with van der Waals surface area (Å²) in [6.45, 7) is -0.397. The Labute approximate surface area is 187 Å². The Morgan fingerprint density at radius 1 is 0.906 bits per heavy atom. The fraction of sp³-hybridized carbons (Fsp3) is 0.250. The number of halogens is 6. The van der Waals surface area contributed by atoms with Gasteiger partial charge < -0.3 is 4.90 Å². The van der Waals surface area contributed by atoms with Gasteiger partial charge in [0.2, 0.25) is 5.91 Å². The van der Waals surface area contributed by atoms with Crippen molar-refractivity contribution in [3.63, 3.8) is 0 Å². The summed E-state index contributed by atoms with van der Waals surface area (Å²) in [4.78, 5) is 14.0. The van der Waals surface area contributed by atoms with Crippen LogP contribution < -0.4 is 0 Å². The van der Waals surface area contributed by atoms with E-state index in [4.69, 9.17) is 0 Å². The third-order valence-electron chi connectivity index (χ3n) is 4.27. The monoisotopic (exact) mass is 491 g/mol. The highest BCUT2D eigenvalue weighted by Crippen LogP contribution is 2.31. The Bertz CT molecular complexity index is 994. The van der Waals surface area contributed by atoms with Crippen molar-refractivity contribution in [1.29, 1.82) is 0 Å². The van der Waals surface area contributed by atoms with Crippen molar-refractivity contribution in [2.75, 3.05) is 5.75 Å². The maximum atomic E-state index is 13.0. The third-order valence-corrected chi connectivity index (χ3v) is 6.11. The van der Waals surface area contributed by atoms with Gasteiger partial charge in [-0.2, -0.15) is 26.3 Å². The number of benzene rings is 2. The van der Waals surface area contributed by atoms with Crippen molar-refractivity contribution in [2.24, 2.45) is 0 Å². The zero-order valence-corrected chi connectivity index (χ0v) is 17.8. The molecule has 0 saturated heterocycles. The van der Waals surface area contributed by atoms with Crippen LogP contribution in [0.1, 0.15) is 22.3 Å². The van der Waals surface area contributed by atoms with Crippen molar-refractivity contribution in [2.45, 2.75) is 29.8 Å². The molecule has 1 aromatic heterocycles. The van der Waals surface area contributed by atoms with Crippen LogP contribution >= 0.6 is 23.1 Å². The Hall–Kier alpha value is -2.60. The van der Waals surface area contributed by atoms with Crippen molar-refractivity contribution in [1.82, 2.24) is 15.1 Å². The molecular formula is C20H15F6N3OS2. The number of alkyl halides is 6. The van der Waals surface area contributed by atoms with Crippen LogP contribution in [0.3, 0.4) is 0 Å². The maximum Gasteiger partial charge on any atom is 0.416 e. The normalized spacial score (nSPS) is 12.1. The summed E-state index contributed by atoms with van der Waals surface area (Å²) in [5.41, 5.74) is 0.159. The van der Waals surface area contributed by atoms with E-state index in [0.717, 1.165) is 36.0 Å². The van der Waals surface area contributed by atoms with E-state index in [-0.39, 0.29) is 30.0 Å². The topological polar surface area (TPSA) is 46.1 Å². The summed E-state index contributed by atoms with van der Waals surface area (Å²) in [6, 6.07) is 8.97. The molecule has 1 amide bonds. The Balaban J connectivity index is 1.83. The van der Waals surface area contributed by atoms with E-state index in [0.29, 0.717) is 4.34 Å². The summed E-state index contributed by atoms with van der Waals surface area (Å²) < 4.78 is 78.8. The van der Waals surface area contributed by atoms with Gasteiger partial charge in [-0.15, -0.1) is 10.2 Å². The highest BCUT2D eigenvalue weighted by atomic mass is 32.2. The highest BCUT2D eigenvalue weighted by molar-refractivity contribution is 8.01. The lowest BCUT2D eigenvalue weighted by Crippen LogP contribution is -2.31. The number of hydrogen-bond acceptors (Lipinski definition) is 5. The molecule has 0 N–H and O–H groups in total. The number of carbonyl (C=O) groups excluding carboxylic acids is 1. The molecule has 0 bridgehead atoms. The first-order chi connectivity index (χ1) is 15.0. The van der Waals surface area contributed by atoms with Gasteiger partial charge in [-0.3, -0.25) is 4.79 Å². The number of amides is 1. The fourth-order valence-electron chi connectivity index (χ4n) is 2.81. The van der Waals surface area contributed by atoms with E-state index >= 15 is 0 Å². The third kappa shape index (κ3) is 6.70. The summed E-state index contributed by atoms with van der Waals surface area (Å²) in [6.07, 6.45) is -9.11. The lowest BCUT2D eigenvalue weighted by atomic mass is 10.1. The van der Waals surface area contributed by atoms with Crippen LogP contribution in [0.4, 0.5) is 26.3 Å². The molecule has 0 unspecified atom stereocenters. The number of nitrogens with zero attached hydrogens (tertiary/aromatic N) is 3. The minimum absolute atomic E-state index is 0.0902. The predicted octanol–water partition coefficient (Wildman–Crippen LogP) is 5.90. The van der Waals surface area contributed by atoms with Crippen LogP contribution in [-0.2, 0) is 30.2 Å². The van der Waals surface area contributed by atoms with Gasteiger partial charge in [0.05, 0.1) is 16.9 Å². The Morgan fingerprint density at radius 2 is 1.44 bits per heavy atom. The average molecular weight is 491 g/mol. The van der Waals surface area contributed by atoms with Crippen LogP contribution in [0.15, 0.2) is 58.4 Å². The second kappa shape index (κ2) is 9.90. The number of thioether (sulfide) groups is 1. The van der Waals surface area contributed by atoms with Gasteiger partial charge in [0.15, 0.2) is 4.34 Å². The molecule has 3 aromatic rings. The number of carbonyl (C=O) groups is 1. The molecule has 0 aliphatic heterocycles. The molecule has 32 heavy (non-hydrogen) atoms. The van der Waals surface area contributed by atoms with Crippen LogP contribution in [0, 0.1) is 0 Å². The first kappa shape index (κ1) is 24.1. The molecule has 1 heterocycles. The molecular weight excluding hydrogens is 476 g/mol. The van der Waals surface area contributed by atoms with Crippen molar-refractivity contribution < 1.29 is 31.1 Å². The zero-order valence-electron chi connectivity index (χ0n) is 16.2. The molecule has 12 heteroatoms. The summed E-state index contributed by atoms with van der Waals surface area (Å²) >= 11 is 2.31.